The number of thiazole rings is 1. The number of sulfonamides is 1. The van der Waals surface area contributed by atoms with Crippen molar-refractivity contribution in [2.24, 2.45) is 0 Å². The van der Waals surface area contributed by atoms with Gasteiger partial charge in [0.25, 0.3) is 0 Å². The fourth-order valence-electron chi connectivity index (χ4n) is 3.11. The largest absolute Gasteiger partial charge is 0.506 e. The van der Waals surface area contributed by atoms with Crippen molar-refractivity contribution in [3.8, 4) is 5.75 Å². The Morgan fingerprint density at radius 3 is 2.68 bits per heavy atom. The number of ether oxygens (including phenoxy) is 1. The molecule has 10 heteroatoms. The smallest absolute Gasteiger partial charge is 0.305 e. The van der Waals surface area contributed by atoms with Crippen LogP contribution in [0.25, 0.3) is 10.2 Å². The van der Waals surface area contributed by atoms with E-state index in [0.29, 0.717) is 44.7 Å². The molecule has 3 aromatic rings. The predicted octanol–water partition coefficient (Wildman–Crippen LogP) is 1.95. The molecule has 0 aliphatic carbocycles. The van der Waals surface area contributed by atoms with Gasteiger partial charge in [0.1, 0.15) is 11.3 Å². The van der Waals surface area contributed by atoms with Crippen molar-refractivity contribution >= 4 is 31.6 Å². The molecule has 0 spiro atoms. The SMILES string of the molecule is O=c1[nH]c2c(O)ccc(CCNCCCS(=O)(=O)NCCOCc3ccccc3)c2s1. The fraction of sp³-hybridized carbons (Fsp3) is 0.381. The molecule has 0 atom stereocenters. The van der Waals surface area contributed by atoms with Gasteiger partial charge in [-0.15, -0.1) is 0 Å². The van der Waals surface area contributed by atoms with Gasteiger partial charge in [-0.05, 0) is 43.1 Å². The molecular weight excluding hydrogens is 438 g/mol. The number of hydrogen-bond donors (Lipinski definition) is 4. The second-order valence-electron chi connectivity index (χ2n) is 7.07. The average Bonchev–Trinajstić information content (AvgIpc) is 3.15. The first-order valence-electron chi connectivity index (χ1n) is 10.1. The summed E-state index contributed by atoms with van der Waals surface area (Å²) < 4.78 is 32.9. The number of nitrogens with one attached hydrogen (secondary N) is 3. The lowest BCUT2D eigenvalue weighted by Gasteiger charge is -2.09. The highest BCUT2D eigenvalue weighted by Crippen LogP contribution is 2.27. The molecule has 0 saturated carbocycles. The summed E-state index contributed by atoms with van der Waals surface area (Å²) in [4.78, 5) is 14.0. The summed E-state index contributed by atoms with van der Waals surface area (Å²) >= 11 is 1.08. The normalized spacial score (nSPS) is 11.9. The molecule has 4 N–H and O–H groups in total. The van der Waals surface area contributed by atoms with Crippen LogP contribution in [0.15, 0.2) is 47.3 Å². The number of phenolic OH excluding ortho intramolecular Hbond substituents is 1. The summed E-state index contributed by atoms with van der Waals surface area (Å²) in [6, 6.07) is 13.1. The van der Waals surface area contributed by atoms with Crippen molar-refractivity contribution in [2.45, 2.75) is 19.4 Å². The van der Waals surface area contributed by atoms with Crippen molar-refractivity contribution in [1.82, 2.24) is 15.0 Å². The van der Waals surface area contributed by atoms with Crippen molar-refractivity contribution < 1.29 is 18.3 Å². The first-order chi connectivity index (χ1) is 14.9. The Kier molecular flexibility index (Phi) is 8.61. The molecular formula is C21H27N3O5S2. The molecule has 0 aliphatic heterocycles. The van der Waals surface area contributed by atoms with E-state index in [1.807, 2.05) is 30.3 Å². The number of rotatable bonds is 13. The summed E-state index contributed by atoms with van der Waals surface area (Å²) in [5.74, 6) is 0.106. The fourth-order valence-corrected chi connectivity index (χ4v) is 5.07. The third-order valence-electron chi connectivity index (χ3n) is 4.66. The van der Waals surface area contributed by atoms with Crippen molar-refractivity contribution in [1.29, 1.82) is 0 Å². The Morgan fingerprint density at radius 2 is 1.87 bits per heavy atom. The van der Waals surface area contributed by atoms with Gasteiger partial charge in [0.15, 0.2) is 0 Å². The highest BCUT2D eigenvalue weighted by Gasteiger charge is 2.10. The third-order valence-corrected chi connectivity index (χ3v) is 7.08. The van der Waals surface area contributed by atoms with E-state index in [0.717, 1.165) is 27.2 Å². The number of hydrogen-bond acceptors (Lipinski definition) is 7. The van der Waals surface area contributed by atoms with E-state index < -0.39 is 10.0 Å². The Balaban J connectivity index is 1.29. The molecule has 31 heavy (non-hydrogen) atoms. The van der Waals surface area contributed by atoms with Gasteiger partial charge in [-0.2, -0.15) is 0 Å². The zero-order valence-electron chi connectivity index (χ0n) is 17.1. The van der Waals surface area contributed by atoms with E-state index in [4.69, 9.17) is 4.74 Å². The van der Waals surface area contributed by atoms with Crippen LogP contribution >= 0.6 is 11.3 Å². The summed E-state index contributed by atoms with van der Waals surface area (Å²) in [6.45, 7) is 2.24. The van der Waals surface area contributed by atoms with E-state index in [1.165, 1.54) is 0 Å². The van der Waals surface area contributed by atoms with Crippen LogP contribution in [0.5, 0.6) is 5.75 Å². The Morgan fingerprint density at radius 1 is 1.06 bits per heavy atom. The maximum atomic E-state index is 12.0. The van der Waals surface area contributed by atoms with Gasteiger partial charge in [0, 0.05) is 6.54 Å². The van der Waals surface area contributed by atoms with E-state index >= 15 is 0 Å². The van der Waals surface area contributed by atoms with Crippen molar-refractivity contribution in [3.05, 3.63) is 63.3 Å². The van der Waals surface area contributed by atoms with Crippen LogP contribution in [0.4, 0.5) is 0 Å². The molecule has 1 heterocycles. The van der Waals surface area contributed by atoms with Crippen LogP contribution in [0.1, 0.15) is 17.5 Å². The van der Waals surface area contributed by atoms with Crippen molar-refractivity contribution in [3.63, 3.8) is 0 Å². The number of aromatic nitrogens is 1. The number of benzene rings is 2. The standard InChI is InChI=1S/C21H27N3O5S2/c25-18-8-7-17(20-19(18)24-21(26)30-20)9-11-22-10-4-14-31(27,28)23-12-13-29-15-16-5-2-1-3-6-16/h1-3,5-8,22-23,25H,4,9-15H2,(H,24,26). The van der Waals surface area contributed by atoms with Crippen molar-refractivity contribution in [2.75, 3.05) is 32.0 Å². The predicted molar refractivity (Wildman–Crippen MR) is 123 cm³/mol. The first-order valence-corrected chi connectivity index (χ1v) is 12.5. The van der Waals surface area contributed by atoms with Crippen LogP contribution in [0.2, 0.25) is 0 Å². The third kappa shape index (κ3) is 7.44. The maximum Gasteiger partial charge on any atom is 0.305 e. The molecule has 0 saturated heterocycles. The topological polar surface area (TPSA) is 121 Å². The molecule has 0 radical (unpaired) electrons. The second-order valence-corrected chi connectivity index (χ2v) is 9.98. The number of aromatic amines is 1. The summed E-state index contributed by atoms with van der Waals surface area (Å²) in [5, 5.41) is 13.0. The van der Waals surface area contributed by atoms with Crippen LogP contribution in [-0.2, 0) is 27.8 Å². The Hall–Kier alpha value is -2.24. The van der Waals surface area contributed by atoms with E-state index in [-0.39, 0.29) is 22.9 Å². The zero-order valence-corrected chi connectivity index (χ0v) is 18.7. The molecule has 0 bridgehead atoms. The van der Waals surface area contributed by atoms with Gasteiger partial charge in [0.2, 0.25) is 10.0 Å². The molecule has 0 fully saturated rings. The molecule has 8 nitrogen and oxygen atoms in total. The highest BCUT2D eigenvalue weighted by atomic mass is 32.2. The van der Waals surface area contributed by atoms with Crippen LogP contribution < -0.4 is 14.9 Å². The Bertz CT molecular complexity index is 1130. The van der Waals surface area contributed by atoms with Crippen LogP contribution in [-0.4, -0.2) is 50.5 Å². The maximum absolute atomic E-state index is 12.0. The molecule has 0 unspecified atom stereocenters. The van der Waals surface area contributed by atoms with Gasteiger partial charge in [-0.3, -0.25) is 4.79 Å². The lowest BCUT2D eigenvalue weighted by atomic mass is 10.1. The Labute approximate surface area is 185 Å². The van der Waals surface area contributed by atoms with Gasteiger partial charge >= 0.3 is 4.87 Å². The van der Waals surface area contributed by atoms with E-state index in [2.05, 4.69) is 15.0 Å². The molecule has 168 valence electrons. The second kappa shape index (κ2) is 11.4. The molecule has 2 aromatic carbocycles. The van der Waals surface area contributed by atoms with Crippen LogP contribution in [0.3, 0.4) is 0 Å². The van der Waals surface area contributed by atoms with Gasteiger partial charge in [-0.25, -0.2) is 13.1 Å². The first kappa shape index (κ1) is 23.4. The minimum atomic E-state index is -3.33. The average molecular weight is 466 g/mol. The molecule has 0 aliphatic rings. The van der Waals surface area contributed by atoms with Gasteiger partial charge in [0.05, 0.1) is 23.7 Å². The minimum Gasteiger partial charge on any atom is -0.506 e. The van der Waals surface area contributed by atoms with E-state index in [1.54, 1.807) is 12.1 Å². The minimum absolute atomic E-state index is 0.0432. The zero-order chi connectivity index (χ0) is 22.1. The lowest BCUT2D eigenvalue weighted by molar-refractivity contribution is 0.126. The number of phenols is 1. The highest BCUT2D eigenvalue weighted by molar-refractivity contribution is 7.89. The molecule has 3 rings (SSSR count). The molecule has 0 amide bonds. The van der Waals surface area contributed by atoms with Crippen LogP contribution in [0, 0.1) is 0 Å². The summed E-state index contributed by atoms with van der Waals surface area (Å²) in [6.07, 6.45) is 1.16. The summed E-state index contributed by atoms with van der Waals surface area (Å²) in [7, 11) is -3.33. The lowest BCUT2D eigenvalue weighted by Crippen LogP contribution is -2.31. The van der Waals surface area contributed by atoms with E-state index in [9.17, 15) is 18.3 Å². The summed E-state index contributed by atoms with van der Waals surface area (Å²) in [5.41, 5.74) is 2.49. The molecule has 1 aromatic heterocycles. The number of fused-ring (bicyclic) bond motifs is 1. The van der Waals surface area contributed by atoms with Gasteiger partial charge < -0.3 is 20.1 Å². The monoisotopic (exact) mass is 465 g/mol. The van der Waals surface area contributed by atoms with Gasteiger partial charge in [-0.1, -0.05) is 47.7 Å². The quantitative estimate of drug-likeness (QED) is 0.286. The number of H-pyrrole nitrogens is 1. The number of aromatic hydroxyl groups is 1.